The lowest BCUT2D eigenvalue weighted by atomic mass is 9.87. The van der Waals surface area contributed by atoms with Gasteiger partial charge in [-0.15, -0.1) is 0 Å². The van der Waals surface area contributed by atoms with Gasteiger partial charge in [0.1, 0.15) is 5.75 Å². The summed E-state index contributed by atoms with van der Waals surface area (Å²) in [6.45, 7) is 15.4. The van der Waals surface area contributed by atoms with Crippen LogP contribution < -0.4 is 4.74 Å². The lowest BCUT2D eigenvalue weighted by Gasteiger charge is -2.38. The standard InChI is InChI=1S/C39H52ClN3O/c1-5-6-25-42(39(32-18-14-19-32)33-21-22-38(44-4)36(40)26-33)27-31(3)43(37-20-11-8-15-30(37)2)29-35-17-10-9-16-34(35)28-41-23-12-7-13-24-41/h9-10,15-17,20-22,26H,3,5-8,11-14,18-19,23-25,27-29H2,1-2,4H3. The molecule has 236 valence electrons. The van der Waals surface area contributed by atoms with Crippen molar-refractivity contribution in [2.24, 2.45) is 0 Å². The van der Waals surface area contributed by atoms with Crippen LogP contribution in [0.3, 0.4) is 0 Å². The van der Waals surface area contributed by atoms with Crippen molar-refractivity contribution in [1.82, 2.24) is 14.7 Å². The number of piperidine rings is 1. The van der Waals surface area contributed by atoms with Crippen LogP contribution in [0.2, 0.25) is 5.02 Å². The lowest BCUT2D eigenvalue weighted by molar-refractivity contribution is 0.219. The van der Waals surface area contributed by atoms with Gasteiger partial charge >= 0.3 is 0 Å². The Morgan fingerprint density at radius 3 is 2.39 bits per heavy atom. The van der Waals surface area contributed by atoms with E-state index in [0.717, 1.165) is 76.2 Å². The molecule has 0 spiro atoms. The van der Waals surface area contributed by atoms with Crippen molar-refractivity contribution in [1.29, 1.82) is 0 Å². The van der Waals surface area contributed by atoms with Gasteiger partial charge in [-0.05, 0) is 117 Å². The van der Waals surface area contributed by atoms with E-state index >= 15 is 0 Å². The smallest absolute Gasteiger partial charge is 0.137 e. The van der Waals surface area contributed by atoms with E-state index in [1.165, 1.54) is 78.0 Å². The number of ether oxygens (including phenoxy) is 1. The average molecular weight is 614 g/mol. The van der Waals surface area contributed by atoms with Crippen LogP contribution in [0.5, 0.6) is 5.75 Å². The van der Waals surface area contributed by atoms with E-state index in [9.17, 15) is 0 Å². The molecule has 2 fully saturated rings. The van der Waals surface area contributed by atoms with Crippen LogP contribution in [0.25, 0.3) is 5.70 Å². The van der Waals surface area contributed by atoms with Crippen molar-refractivity contribution < 1.29 is 4.74 Å². The first-order chi connectivity index (χ1) is 21.5. The van der Waals surface area contributed by atoms with Gasteiger partial charge in [-0.1, -0.05) is 74.4 Å². The molecule has 1 aliphatic heterocycles. The summed E-state index contributed by atoms with van der Waals surface area (Å²) in [6.07, 6.45) is 16.8. The van der Waals surface area contributed by atoms with E-state index < -0.39 is 0 Å². The van der Waals surface area contributed by atoms with Crippen LogP contribution >= 0.6 is 11.6 Å². The largest absolute Gasteiger partial charge is 0.495 e. The number of methoxy groups -OCH3 is 1. The van der Waals surface area contributed by atoms with Crippen molar-refractivity contribution in [2.45, 2.75) is 91.1 Å². The minimum Gasteiger partial charge on any atom is -0.495 e. The summed E-state index contributed by atoms with van der Waals surface area (Å²) in [5, 5.41) is 0.664. The van der Waals surface area contributed by atoms with Crippen LogP contribution in [-0.2, 0) is 13.1 Å². The van der Waals surface area contributed by atoms with Gasteiger partial charge in [0.05, 0.1) is 18.7 Å². The summed E-state index contributed by atoms with van der Waals surface area (Å²) in [5.41, 5.74) is 10.7. The molecule has 0 amide bonds. The van der Waals surface area contributed by atoms with E-state index in [0.29, 0.717) is 5.02 Å². The Morgan fingerprint density at radius 1 is 0.977 bits per heavy atom. The van der Waals surface area contributed by atoms with Crippen LogP contribution in [-0.4, -0.2) is 48.0 Å². The van der Waals surface area contributed by atoms with Gasteiger partial charge < -0.3 is 14.5 Å². The first-order valence-corrected chi connectivity index (χ1v) is 17.3. The van der Waals surface area contributed by atoms with Crippen molar-refractivity contribution in [3.05, 3.63) is 105 Å². The minimum atomic E-state index is 0.664. The molecule has 2 aromatic rings. The zero-order valence-electron chi connectivity index (χ0n) is 27.3. The highest BCUT2D eigenvalue weighted by atomic mass is 35.5. The molecule has 2 aliphatic carbocycles. The van der Waals surface area contributed by atoms with Gasteiger partial charge in [-0.3, -0.25) is 4.90 Å². The number of rotatable bonds is 14. The molecule has 5 heteroatoms. The molecule has 5 rings (SSSR count). The Balaban J connectivity index is 1.46. The third-order valence-corrected chi connectivity index (χ3v) is 9.80. The highest BCUT2D eigenvalue weighted by molar-refractivity contribution is 6.32. The molecule has 1 saturated carbocycles. The third-order valence-electron chi connectivity index (χ3n) is 9.51. The maximum Gasteiger partial charge on any atom is 0.137 e. The first-order valence-electron chi connectivity index (χ1n) is 16.9. The first kappa shape index (κ1) is 32.4. The fourth-order valence-electron chi connectivity index (χ4n) is 6.81. The minimum absolute atomic E-state index is 0.664. The predicted molar refractivity (Wildman–Crippen MR) is 187 cm³/mol. The maximum absolute atomic E-state index is 6.69. The molecule has 0 unspecified atom stereocenters. The zero-order chi connectivity index (χ0) is 30.9. The second kappa shape index (κ2) is 15.9. The Bertz CT molecular complexity index is 1380. The quantitative estimate of drug-likeness (QED) is 0.211. The SMILES string of the molecule is C=C(CN(CCCC)C(=C1CCC1)c1ccc(OC)c(Cl)c1)N(Cc1ccccc1CN1CCCCC1)C1=CCCC=C1C. The number of unbranched alkanes of at least 4 members (excludes halogenated alkanes) is 1. The molecule has 3 aliphatic rings. The maximum atomic E-state index is 6.69. The van der Waals surface area contributed by atoms with Crippen molar-refractivity contribution in [3.63, 3.8) is 0 Å². The van der Waals surface area contributed by atoms with E-state index in [1.54, 1.807) is 7.11 Å². The number of hydrogen-bond acceptors (Lipinski definition) is 4. The van der Waals surface area contributed by atoms with Gasteiger partial charge in [0, 0.05) is 36.7 Å². The summed E-state index contributed by atoms with van der Waals surface area (Å²) in [7, 11) is 1.68. The number of allylic oxidation sites excluding steroid dienone is 4. The van der Waals surface area contributed by atoms with Gasteiger partial charge in [0.2, 0.25) is 0 Å². The fraction of sp³-hybridized carbons (Fsp3) is 0.487. The summed E-state index contributed by atoms with van der Waals surface area (Å²) in [6, 6.07) is 15.4. The van der Waals surface area contributed by atoms with E-state index in [-0.39, 0.29) is 0 Å². The Labute approximate surface area is 271 Å². The highest BCUT2D eigenvalue weighted by Crippen LogP contribution is 2.39. The van der Waals surface area contributed by atoms with Gasteiger partial charge in [-0.25, -0.2) is 0 Å². The summed E-state index contributed by atoms with van der Waals surface area (Å²) >= 11 is 6.69. The molecule has 0 bridgehead atoms. The molecule has 1 saturated heterocycles. The van der Waals surface area contributed by atoms with Crippen LogP contribution in [0.1, 0.15) is 94.7 Å². The van der Waals surface area contributed by atoms with Gasteiger partial charge in [0.25, 0.3) is 0 Å². The monoisotopic (exact) mass is 613 g/mol. The molecule has 1 heterocycles. The van der Waals surface area contributed by atoms with Crippen LogP contribution in [0, 0.1) is 0 Å². The van der Waals surface area contributed by atoms with Crippen LogP contribution in [0.15, 0.2) is 83.7 Å². The molecular weight excluding hydrogens is 562 g/mol. The molecule has 4 nitrogen and oxygen atoms in total. The number of hydrogen-bond donors (Lipinski definition) is 0. The van der Waals surface area contributed by atoms with Gasteiger partial charge in [-0.2, -0.15) is 0 Å². The highest BCUT2D eigenvalue weighted by Gasteiger charge is 2.26. The summed E-state index contributed by atoms with van der Waals surface area (Å²) < 4.78 is 5.50. The Hall–Kier alpha value is -2.95. The summed E-state index contributed by atoms with van der Waals surface area (Å²) in [4.78, 5) is 7.74. The average Bonchev–Trinajstić information content (AvgIpc) is 3.01. The molecule has 44 heavy (non-hydrogen) atoms. The Kier molecular flexibility index (Phi) is 11.7. The molecule has 0 aromatic heterocycles. The number of likely N-dealkylation sites (tertiary alicyclic amines) is 1. The number of nitrogens with zero attached hydrogens (tertiary/aromatic N) is 3. The molecule has 0 N–H and O–H groups in total. The van der Waals surface area contributed by atoms with E-state index in [2.05, 4.69) is 77.1 Å². The fourth-order valence-corrected chi connectivity index (χ4v) is 7.07. The second-order valence-electron chi connectivity index (χ2n) is 12.7. The van der Waals surface area contributed by atoms with Crippen molar-refractivity contribution >= 4 is 17.3 Å². The normalized spacial score (nSPS) is 17.0. The lowest BCUT2D eigenvalue weighted by Crippen LogP contribution is -2.34. The molecule has 0 atom stereocenters. The third kappa shape index (κ3) is 8.00. The van der Waals surface area contributed by atoms with Crippen molar-refractivity contribution in [3.8, 4) is 5.75 Å². The summed E-state index contributed by atoms with van der Waals surface area (Å²) in [5.74, 6) is 0.721. The van der Waals surface area contributed by atoms with E-state index in [4.69, 9.17) is 22.9 Å². The Morgan fingerprint density at radius 2 is 1.73 bits per heavy atom. The molecular formula is C39H52ClN3O. The molecule has 2 aromatic carbocycles. The predicted octanol–water partition coefficient (Wildman–Crippen LogP) is 9.97. The zero-order valence-corrected chi connectivity index (χ0v) is 28.1. The topological polar surface area (TPSA) is 19.0 Å². The van der Waals surface area contributed by atoms with Crippen LogP contribution in [0.4, 0.5) is 0 Å². The molecule has 0 radical (unpaired) electrons. The second-order valence-corrected chi connectivity index (χ2v) is 13.1. The van der Waals surface area contributed by atoms with Crippen molar-refractivity contribution in [2.75, 3.05) is 33.3 Å². The number of halogens is 1. The number of benzene rings is 2. The van der Waals surface area contributed by atoms with E-state index in [1.807, 2.05) is 6.07 Å². The van der Waals surface area contributed by atoms with Gasteiger partial charge in [0.15, 0.2) is 0 Å².